The number of benzene rings is 1. The largest absolute Gasteiger partial charge is 0.337 e. The molecule has 5 nitrogen and oxygen atoms in total. The van der Waals surface area contributed by atoms with Gasteiger partial charge in [-0.25, -0.2) is 8.42 Å². The number of hydrogen-bond donors (Lipinski definition) is 0. The Labute approximate surface area is 143 Å². The van der Waals surface area contributed by atoms with Gasteiger partial charge >= 0.3 is 0 Å². The van der Waals surface area contributed by atoms with Crippen molar-refractivity contribution >= 4 is 21.5 Å². The molecule has 1 aromatic rings. The first-order valence-electron chi connectivity index (χ1n) is 8.44. The number of carbonyl (C=O) groups is 2. The summed E-state index contributed by atoms with van der Waals surface area (Å²) in [6.45, 7) is 0. The van der Waals surface area contributed by atoms with Crippen molar-refractivity contribution in [1.82, 2.24) is 4.90 Å². The average molecular weight is 349 g/mol. The first-order valence-corrected chi connectivity index (χ1v) is 10.4. The van der Waals surface area contributed by atoms with Crippen LogP contribution in [0.25, 0.3) is 0 Å². The molecule has 0 spiro atoms. The minimum Gasteiger partial charge on any atom is -0.337 e. The molecule has 0 aliphatic carbocycles. The lowest BCUT2D eigenvalue weighted by atomic mass is 10.0. The number of carbonyl (C=O) groups excluding carboxylic acids is 2. The highest BCUT2D eigenvalue weighted by Crippen LogP contribution is 2.38. The van der Waals surface area contributed by atoms with E-state index in [0.717, 1.165) is 12.8 Å². The van der Waals surface area contributed by atoms with Crippen LogP contribution in [0.3, 0.4) is 0 Å². The Kier molecular flexibility index (Phi) is 4.76. The summed E-state index contributed by atoms with van der Waals surface area (Å²) in [4.78, 5) is 26.6. The van der Waals surface area contributed by atoms with Crippen LogP contribution in [0.1, 0.15) is 48.9 Å². The second kappa shape index (κ2) is 6.67. The third-order valence-corrected chi connectivity index (χ3v) is 6.84. The molecule has 3 rings (SSSR count). The van der Waals surface area contributed by atoms with Gasteiger partial charge in [-0.1, -0.05) is 30.3 Å². The number of piperidine rings is 1. The van der Waals surface area contributed by atoms with Gasteiger partial charge in [0.1, 0.15) is 9.84 Å². The molecule has 0 aromatic heterocycles. The topological polar surface area (TPSA) is 71.5 Å². The fraction of sp³-hybridized carbons (Fsp3) is 0.556. The van der Waals surface area contributed by atoms with E-state index in [-0.39, 0.29) is 41.9 Å². The molecule has 2 heterocycles. The second-order valence-electron chi connectivity index (χ2n) is 6.90. The van der Waals surface area contributed by atoms with Gasteiger partial charge in [0.2, 0.25) is 5.91 Å². The summed E-state index contributed by atoms with van der Waals surface area (Å²) in [6.07, 6.45) is 4.50. The van der Waals surface area contributed by atoms with Gasteiger partial charge in [0, 0.05) is 36.7 Å². The van der Waals surface area contributed by atoms with E-state index in [1.165, 1.54) is 6.26 Å². The Bertz CT molecular complexity index is 715. The minimum atomic E-state index is -3.05. The number of amides is 1. The molecule has 6 heteroatoms. The van der Waals surface area contributed by atoms with Gasteiger partial charge in [0.25, 0.3) is 0 Å². The molecule has 2 unspecified atom stereocenters. The Morgan fingerprint density at radius 2 is 1.62 bits per heavy atom. The van der Waals surface area contributed by atoms with E-state index in [0.29, 0.717) is 18.4 Å². The summed E-state index contributed by atoms with van der Waals surface area (Å²) in [5.41, 5.74) is 0.629. The molecule has 0 saturated carbocycles. The highest BCUT2D eigenvalue weighted by Gasteiger charge is 2.45. The van der Waals surface area contributed by atoms with Gasteiger partial charge in [-0.15, -0.1) is 0 Å². The molecule has 2 atom stereocenters. The van der Waals surface area contributed by atoms with Gasteiger partial charge in [-0.2, -0.15) is 0 Å². The van der Waals surface area contributed by atoms with Crippen molar-refractivity contribution < 1.29 is 18.0 Å². The van der Waals surface area contributed by atoms with Gasteiger partial charge < -0.3 is 4.90 Å². The van der Waals surface area contributed by atoms with Gasteiger partial charge in [-0.3, -0.25) is 9.59 Å². The Morgan fingerprint density at radius 1 is 1.04 bits per heavy atom. The smallest absolute Gasteiger partial charge is 0.223 e. The summed E-state index contributed by atoms with van der Waals surface area (Å²) in [7, 11) is -3.05. The third-order valence-electron chi connectivity index (χ3n) is 5.25. The standard InChI is InChI=1S/C18H23NO4S/c1-24(22,23)16-11-14-7-8-15(12-16)19(14)18(21)10-9-17(20)13-5-3-2-4-6-13/h2-6,14-16H,7-12H2,1H3. The Hall–Kier alpha value is -1.69. The van der Waals surface area contributed by atoms with Crippen molar-refractivity contribution in [3.8, 4) is 0 Å². The lowest BCUT2D eigenvalue weighted by Crippen LogP contribution is -2.49. The molecule has 2 saturated heterocycles. The van der Waals surface area contributed by atoms with Gasteiger partial charge in [0.15, 0.2) is 5.78 Å². The number of sulfone groups is 1. The van der Waals surface area contributed by atoms with Crippen LogP contribution >= 0.6 is 0 Å². The van der Waals surface area contributed by atoms with E-state index in [4.69, 9.17) is 0 Å². The normalized spacial score (nSPS) is 26.4. The van der Waals surface area contributed by atoms with E-state index in [1.54, 1.807) is 12.1 Å². The number of rotatable bonds is 5. The molecule has 24 heavy (non-hydrogen) atoms. The van der Waals surface area contributed by atoms with Crippen LogP contribution in [0.2, 0.25) is 0 Å². The van der Waals surface area contributed by atoms with Crippen LogP contribution in [0.4, 0.5) is 0 Å². The molecule has 2 aliphatic rings. The van der Waals surface area contributed by atoms with E-state index >= 15 is 0 Å². The molecular weight excluding hydrogens is 326 g/mol. The summed E-state index contributed by atoms with van der Waals surface area (Å²) in [6, 6.07) is 9.02. The minimum absolute atomic E-state index is 0.0151. The zero-order valence-electron chi connectivity index (χ0n) is 13.8. The molecule has 2 fully saturated rings. The van der Waals surface area contributed by atoms with Gasteiger partial charge in [0.05, 0.1) is 5.25 Å². The maximum atomic E-state index is 12.6. The van der Waals surface area contributed by atoms with E-state index in [2.05, 4.69) is 0 Å². The van der Waals surface area contributed by atoms with Crippen LogP contribution in [-0.2, 0) is 14.6 Å². The van der Waals surface area contributed by atoms with Crippen LogP contribution in [0, 0.1) is 0 Å². The number of ketones is 1. The monoisotopic (exact) mass is 349 g/mol. The number of nitrogens with zero attached hydrogens (tertiary/aromatic N) is 1. The lowest BCUT2D eigenvalue weighted by Gasteiger charge is -2.38. The zero-order chi connectivity index (χ0) is 17.3. The predicted molar refractivity (Wildman–Crippen MR) is 91.5 cm³/mol. The van der Waals surface area contributed by atoms with Crippen LogP contribution < -0.4 is 0 Å². The second-order valence-corrected chi connectivity index (χ2v) is 9.22. The zero-order valence-corrected chi connectivity index (χ0v) is 14.7. The SMILES string of the molecule is CS(=O)(=O)C1CC2CCC(C1)N2C(=O)CCC(=O)c1ccccc1. The fourth-order valence-corrected chi connectivity index (χ4v) is 5.15. The van der Waals surface area contributed by atoms with Crippen molar-refractivity contribution in [1.29, 1.82) is 0 Å². The van der Waals surface area contributed by atoms with Crippen molar-refractivity contribution in [3.05, 3.63) is 35.9 Å². The predicted octanol–water partition coefficient (Wildman–Crippen LogP) is 2.22. The summed E-state index contributed by atoms with van der Waals surface area (Å²) in [5, 5.41) is -0.329. The quantitative estimate of drug-likeness (QED) is 0.764. The number of Topliss-reactive ketones (excluding diaryl/α,β-unsaturated/α-hetero) is 1. The highest BCUT2D eigenvalue weighted by atomic mass is 32.2. The molecule has 1 amide bonds. The first kappa shape index (κ1) is 17.1. The van der Waals surface area contributed by atoms with Crippen molar-refractivity contribution in [3.63, 3.8) is 0 Å². The van der Waals surface area contributed by atoms with Crippen molar-refractivity contribution in [2.45, 2.75) is 55.9 Å². The van der Waals surface area contributed by atoms with Crippen molar-refractivity contribution in [2.75, 3.05) is 6.26 Å². The molecule has 1 aromatic carbocycles. The highest BCUT2D eigenvalue weighted by molar-refractivity contribution is 7.91. The van der Waals surface area contributed by atoms with E-state index in [1.807, 2.05) is 23.1 Å². The van der Waals surface area contributed by atoms with Gasteiger partial charge in [-0.05, 0) is 25.7 Å². The third kappa shape index (κ3) is 3.53. The molecular formula is C18H23NO4S. The summed E-state index contributed by atoms with van der Waals surface area (Å²) >= 11 is 0. The summed E-state index contributed by atoms with van der Waals surface area (Å²) in [5.74, 6) is -0.0407. The molecule has 130 valence electrons. The van der Waals surface area contributed by atoms with E-state index < -0.39 is 9.84 Å². The fourth-order valence-electron chi connectivity index (χ4n) is 4.00. The maximum Gasteiger partial charge on any atom is 0.223 e. The lowest BCUT2D eigenvalue weighted by molar-refractivity contribution is -0.135. The van der Waals surface area contributed by atoms with Crippen molar-refractivity contribution in [2.24, 2.45) is 0 Å². The molecule has 2 aliphatic heterocycles. The Morgan fingerprint density at radius 3 is 2.17 bits per heavy atom. The van der Waals surface area contributed by atoms with Crippen LogP contribution in [0.5, 0.6) is 0 Å². The molecule has 0 N–H and O–H groups in total. The molecule has 0 radical (unpaired) electrons. The summed E-state index contributed by atoms with van der Waals surface area (Å²) < 4.78 is 23.6. The maximum absolute atomic E-state index is 12.6. The first-order chi connectivity index (χ1) is 11.4. The van der Waals surface area contributed by atoms with Crippen LogP contribution in [-0.4, -0.2) is 48.6 Å². The number of hydrogen-bond acceptors (Lipinski definition) is 4. The average Bonchev–Trinajstić information content (AvgIpc) is 2.81. The number of fused-ring (bicyclic) bond motifs is 2. The van der Waals surface area contributed by atoms with Crippen LogP contribution in [0.15, 0.2) is 30.3 Å². The van der Waals surface area contributed by atoms with E-state index in [9.17, 15) is 18.0 Å². The molecule has 2 bridgehead atoms. The Balaban J connectivity index is 1.60.